The molecule has 38 heavy (non-hydrogen) atoms. The summed E-state index contributed by atoms with van der Waals surface area (Å²) in [5, 5.41) is 54.4. The van der Waals surface area contributed by atoms with Gasteiger partial charge in [-0.05, 0) is 6.42 Å². The Morgan fingerprint density at radius 1 is 0.974 bits per heavy atom. The molecule has 5 N–H and O–H groups in total. The van der Waals surface area contributed by atoms with E-state index in [2.05, 4.69) is 12.2 Å². The number of aliphatic carboxylic acids is 1. The van der Waals surface area contributed by atoms with Gasteiger partial charge in [-0.1, -0.05) is 90.4 Å². The second-order valence-corrected chi connectivity index (χ2v) is 10.3. The van der Waals surface area contributed by atoms with Crippen LogP contribution in [0, 0.1) is 0 Å². The predicted molar refractivity (Wildman–Crippen MR) is 136 cm³/mol. The maximum atomic E-state index is 12.0. The monoisotopic (exact) mass is 555 g/mol. The minimum absolute atomic E-state index is 0. The number of aliphatic hydroxyl groups excluding tert-OH is 4. The predicted octanol–water partition coefficient (Wildman–Crippen LogP) is -1.70. The molecule has 1 saturated heterocycles. The van der Waals surface area contributed by atoms with Crippen molar-refractivity contribution in [2.24, 2.45) is 0 Å². The first-order valence-corrected chi connectivity index (χ1v) is 14.1. The zero-order valence-electron chi connectivity index (χ0n) is 23.7. The van der Waals surface area contributed by atoms with Crippen LogP contribution in [0.3, 0.4) is 0 Å². The van der Waals surface area contributed by atoms with Gasteiger partial charge in [-0.15, -0.1) is 0 Å². The Morgan fingerprint density at radius 3 is 1.87 bits per heavy atom. The molecule has 0 saturated carbocycles. The van der Waals surface area contributed by atoms with Crippen molar-refractivity contribution >= 4 is 11.9 Å². The molecular weight excluding hydrogens is 505 g/mol. The van der Waals surface area contributed by atoms with E-state index in [1.165, 1.54) is 71.1 Å². The van der Waals surface area contributed by atoms with Crippen LogP contribution in [0.15, 0.2) is 0 Å². The molecule has 11 heteroatoms. The molecule has 1 fully saturated rings. The minimum Gasteiger partial charge on any atom is -0.544 e. The fraction of sp³-hybridized carbons (Fsp3) is 0.926. The van der Waals surface area contributed by atoms with Crippen molar-refractivity contribution in [3.05, 3.63) is 0 Å². The van der Waals surface area contributed by atoms with Crippen molar-refractivity contribution in [1.29, 1.82) is 0 Å². The third kappa shape index (κ3) is 13.9. The first kappa shape index (κ1) is 37.7. The molecule has 0 aromatic carbocycles. The fourth-order valence-corrected chi connectivity index (χ4v) is 4.80. The van der Waals surface area contributed by atoms with E-state index in [4.69, 9.17) is 9.47 Å². The number of carbonyl (C=O) groups excluding carboxylic acids is 2. The SMILES string of the molecule is CCCCCCCCCCCCCCCCOC1(C(=O)[O-])CC(O)C(NC(C)=O)C([C@@H](O)[C@H](O)CO)O1.[Na+]. The van der Waals surface area contributed by atoms with Gasteiger partial charge in [0, 0.05) is 13.3 Å². The van der Waals surface area contributed by atoms with Crippen molar-refractivity contribution in [2.45, 2.75) is 146 Å². The van der Waals surface area contributed by atoms with Gasteiger partial charge in [0.25, 0.3) is 0 Å². The number of unbranched alkanes of at least 4 members (excludes halogenated alkanes) is 13. The van der Waals surface area contributed by atoms with E-state index in [0.717, 1.165) is 19.3 Å². The number of amides is 1. The van der Waals surface area contributed by atoms with Gasteiger partial charge in [0.1, 0.15) is 24.3 Å². The molecule has 1 rings (SSSR count). The van der Waals surface area contributed by atoms with E-state index in [-0.39, 0.29) is 36.2 Å². The van der Waals surface area contributed by atoms with E-state index in [1.807, 2.05) is 0 Å². The third-order valence-corrected chi connectivity index (χ3v) is 7.00. The molecule has 1 aliphatic rings. The standard InChI is InChI=1S/C27H51NO9.Na/c1-3-4-5-6-7-8-9-10-11-12-13-14-15-16-17-36-27(26(34)35)18-21(31)23(28-20(2)30)25(37-27)24(33)22(32)19-29;/h21-25,29,31-33H,3-19H2,1-2H3,(H,28,30)(H,34,35);/q;+1/p-1/t21?,22-,23?,24+,25?,27?;/m1./s1. The second kappa shape index (κ2) is 21.4. The number of carbonyl (C=O) groups is 2. The Balaban J connectivity index is 0.0000137. The average Bonchev–Trinajstić information content (AvgIpc) is 2.86. The van der Waals surface area contributed by atoms with Crippen molar-refractivity contribution in [2.75, 3.05) is 13.2 Å². The first-order valence-electron chi connectivity index (χ1n) is 14.1. The van der Waals surface area contributed by atoms with Crippen LogP contribution in [0.4, 0.5) is 0 Å². The summed E-state index contributed by atoms with van der Waals surface area (Å²) in [6, 6.07) is -1.22. The molecule has 0 radical (unpaired) electrons. The zero-order valence-corrected chi connectivity index (χ0v) is 25.7. The molecule has 0 spiro atoms. The molecule has 10 nitrogen and oxygen atoms in total. The van der Waals surface area contributed by atoms with Gasteiger partial charge < -0.3 is 45.1 Å². The Labute approximate surface area is 250 Å². The molecule has 0 bridgehead atoms. The number of nitrogens with one attached hydrogen (secondary N) is 1. The van der Waals surface area contributed by atoms with E-state index < -0.39 is 61.1 Å². The van der Waals surface area contributed by atoms with Crippen molar-refractivity contribution in [3.8, 4) is 0 Å². The zero-order chi connectivity index (χ0) is 27.7. The fourth-order valence-electron chi connectivity index (χ4n) is 4.80. The summed E-state index contributed by atoms with van der Waals surface area (Å²) < 4.78 is 11.1. The Hall–Kier alpha value is -0.300. The van der Waals surface area contributed by atoms with Crippen LogP contribution < -0.4 is 40.0 Å². The molecule has 0 aromatic heterocycles. The summed E-state index contributed by atoms with van der Waals surface area (Å²) in [6.07, 6.45) is 9.43. The molecular formula is C27H50NNaO9. The maximum absolute atomic E-state index is 12.0. The summed E-state index contributed by atoms with van der Waals surface area (Å²) >= 11 is 0. The van der Waals surface area contributed by atoms with Gasteiger partial charge >= 0.3 is 29.6 Å². The van der Waals surface area contributed by atoms with Crippen LogP contribution in [-0.4, -0.2) is 81.8 Å². The van der Waals surface area contributed by atoms with Gasteiger partial charge in [0.2, 0.25) is 11.7 Å². The van der Waals surface area contributed by atoms with Crippen molar-refractivity contribution < 1.29 is 74.2 Å². The summed E-state index contributed by atoms with van der Waals surface area (Å²) in [5.41, 5.74) is 0. The largest absolute Gasteiger partial charge is 1.00 e. The Bertz CT molecular complexity index is 642. The topological polar surface area (TPSA) is 169 Å². The quantitative estimate of drug-likeness (QED) is 0.0819. The average molecular weight is 556 g/mol. The number of hydrogen-bond donors (Lipinski definition) is 5. The summed E-state index contributed by atoms with van der Waals surface area (Å²) in [7, 11) is 0. The molecule has 218 valence electrons. The van der Waals surface area contributed by atoms with Gasteiger partial charge in [-0.3, -0.25) is 4.79 Å². The number of carboxylic acids is 1. The summed E-state index contributed by atoms with van der Waals surface area (Å²) in [4.78, 5) is 23.5. The smallest absolute Gasteiger partial charge is 0.544 e. The number of rotatable bonds is 21. The van der Waals surface area contributed by atoms with E-state index in [0.29, 0.717) is 6.42 Å². The van der Waals surface area contributed by atoms with Gasteiger partial charge in [-0.25, -0.2) is 0 Å². The van der Waals surface area contributed by atoms with Crippen LogP contribution >= 0.6 is 0 Å². The van der Waals surface area contributed by atoms with Crippen LogP contribution in [0.2, 0.25) is 0 Å². The molecule has 0 aliphatic carbocycles. The second-order valence-electron chi connectivity index (χ2n) is 10.3. The van der Waals surface area contributed by atoms with Crippen LogP contribution in [0.1, 0.15) is 110 Å². The summed E-state index contributed by atoms with van der Waals surface area (Å²) in [6.45, 7) is 2.62. The van der Waals surface area contributed by atoms with Crippen LogP contribution in [0.5, 0.6) is 0 Å². The van der Waals surface area contributed by atoms with Crippen molar-refractivity contribution in [3.63, 3.8) is 0 Å². The van der Waals surface area contributed by atoms with Crippen LogP contribution in [0.25, 0.3) is 0 Å². The number of carboxylic acid groups (broad SMARTS) is 1. The van der Waals surface area contributed by atoms with E-state index >= 15 is 0 Å². The van der Waals surface area contributed by atoms with E-state index in [9.17, 15) is 35.1 Å². The molecule has 1 heterocycles. The number of hydrogen-bond acceptors (Lipinski definition) is 9. The molecule has 6 atom stereocenters. The number of aliphatic hydroxyl groups is 4. The maximum Gasteiger partial charge on any atom is 1.00 e. The third-order valence-electron chi connectivity index (χ3n) is 7.00. The first-order chi connectivity index (χ1) is 17.7. The normalized spacial score (nSPS) is 24.8. The van der Waals surface area contributed by atoms with Crippen molar-refractivity contribution in [1.82, 2.24) is 5.32 Å². The Morgan fingerprint density at radius 2 is 1.45 bits per heavy atom. The minimum atomic E-state index is -2.36. The molecule has 0 aromatic rings. The summed E-state index contributed by atoms with van der Waals surface area (Å²) in [5.74, 6) is -4.63. The Kier molecular flexibility index (Phi) is 21.3. The van der Waals surface area contributed by atoms with Gasteiger partial charge in [-0.2, -0.15) is 0 Å². The molecule has 1 aliphatic heterocycles. The van der Waals surface area contributed by atoms with E-state index in [1.54, 1.807) is 0 Å². The van der Waals surface area contributed by atoms with Gasteiger partial charge in [0.05, 0.1) is 25.4 Å². The number of ether oxygens (including phenoxy) is 2. The van der Waals surface area contributed by atoms with Crippen LogP contribution in [-0.2, 0) is 19.1 Å². The molecule has 1 amide bonds. The van der Waals surface area contributed by atoms with Gasteiger partial charge in [0.15, 0.2) is 0 Å². The molecule has 4 unspecified atom stereocenters.